The van der Waals surface area contributed by atoms with Gasteiger partial charge in [0.25, 0.3) is 5.91 Å². The van der Waals surface area contributed by atoms with E-state index in [0.717, 1.165) is 11.4 Å². The molecular weight excluding hydrogens is 332 g/mol. The molecule has 0 saturated heterocycles. The Morgan fingerprint density at radius 2 is 1.85 bits per heavy atom. The summed E-state index contributed by atoms with van der Waals surface area (Å²) in [7, 11) is 0. The minimum absolute atomic E-state index is 0.274. The fraction of sp³-hybridized carbons (Fsp3) is 0.316. The molecule has 2 heterocycles. The first kappa shape index (κ1) is 17.7. The Balaban J connectivity index is 1.89. The van der Waals surface area contributed by atoms with Crippen molar-refractivity contribution in [2.24, 2.45) is 0 Å². The molecule has 2 aromatic heterocycles. The molecule has 0 saturated carbocycles. The summed E-state index contributed by atoms with van der Waals surface area (Å²) in [5.41, 5.74) is 3.33. The Labute approximate surface area is 152 Å². The van der Waals surface area contributed by atoms with Crippen LogP contribution in [0.5, 0.6) is 11.5 Å². The van der Waals surface area contributed by atoms with E-state index in [9.17, 15) is 4.79 Å². The molecule has 0 aliphatic heterocycles. The monoisotopic (exact) mass is 354 g/mol. The van der Waals surface area contributed by atoms with E-state index < -0.39 is 0 Å². The third-order valence-electron chi connectivity index (χ3n) is 3.82. The molecule has 0 fully saturated rings. The highest BCUT2D eigenvalue weighted by Crippen LogP contribution is 2.31. The molecule has 0 spiro atoms. The number of carbonyl (C=O) groups is 1. The summed E-state index contributed by atoms with van der Waals surface area (Å²) in [6.07, 6.45) is 1.53. The molecule has 1 aromatic carbocycles. The van der Waals surface area contributed by atoms with Crippen LogP contribution in [-0.2, 0) is 0 Å². The molecule has 26 heavy (non-hydrogen) atoms. The first-order valence-electron chi connectivity index (χ1n) is 8.56. The van der Waals surface area contributed by atoms with Crippen LogP contribution < -0.4 is 14.8 Å². The van der Waals surface area contributed by atoms with E-state index in [2.05, 4.69) is 15.4 Å². The number of hydrogen-bond donors (Lipinski definition) is 1. The minimum atomic E-state index is -0.274. The quantitative estimate of drug-likeness (QED) is 0.734. The van der Waals surface area contributed by atoms with E-state index in [1.807, 2.05) is 33.8 Å². The van der Waals surface area contributed by atoms with E-state index in [-0.39, 0.29) is 5.91 Å². The van der Waals surface area contributed by atoms with E-state index in [1.165, 1.54) is 6.20 Å². The van der Waals surface area contributed by atoms with Crippen LogP contribution in [0.15, 0.2) is 30.5 Å². The predicted octanol–water partition coefficient (Wildman–Crippen LogP) is 3.40. The van der Waals surface area contributed by atoms with Gasteiger partial charge in [-0.05, 0) is 45.9 Å². The number of hydrogen-bond acceptors (Lipinski definition) is 5. The Kier molecular flexibility index (Phi) is 5.06. The normalized spacial score (nSPS) is 10.8. The largest absolute Gasteiger partial charge is 0.490 e. The molecule has 0 atom stereocenters. The molecule has 7 nitrogen and oxygen atoms in total. The van der Waals surface area contributed by atoms with Gasteiger partial charge in [0.1, 0.15) is 5.56 Å². The van der Waals surface area contributed by atoms with Crippen molar-refractivity contribution >= 4 is 17.2 Å². The zero-order chi connectivity index (χ0) is 18.7. The second-order valence-electron chi connectivity index (χ2n) is 5.81. The van der Waals surface area contributed by atoms with Crippen molar-refractivity contribution in [2.75, 3.05) is 18.5 Å². The van der Waals surface area contributed by atoms with Crippen LogP contribution in [0.2, 0.25) is 0 Å². The SMILES string of the molecule is CCOc1ccc(NC(=O)c2cnn3c(C)cc(C)nc23)cc1OCC. The number of nitrogens with zero attached hydrogens (tertiary/aromatic N) is 3. The van der Waals surface area contributed by atoms with Crippen molar-refractivity contribution < 1.29 is 14.3 Å². The molecule has 1 amide bonds. The zero-order valence-electron chi connectivity index (χ0n) is 15.4. The summed E-state index contributed by atoms with van der Waals surface area (Å²) < 4.78 is 12.8. The summed E-state index contributed by atoms with van der Waals surface area (Å²) in [6, 6.07) is 7.23. The van der Waals surface area contributed by atoms with Crippen LogP contribution in [0.1, 0.15) is 35.6 Å². The number of rotatable bonds is 6. The number of ether oxygens (including phenoxy) is 2. The summed E-state index contributed by atoms with van der Waals surface area (Å²) >= 11 is 0. The van der Waals surface area contributed by atoms with Crippen molar-refractivity contribution in [1.29, 1.82) is 0 Å². The van der Waals surface area contributed by atoms with Gasteiger partial charge in [0, 0.05) is 23.1 Å². The van der Waals surface area contributed by atoms with Crippen molar-refractivity contribution in [3.05, 3.63) is 47.4 Å². The van der Waals surface area contributed by atoms with E-state index in [4.69, 9.17) is 9.47 Å². The average Bonchev–Trinajstić information content (AvgIpc) is 3.02. The molecule has 7 heteroatoms. The number of nitrogens with one attached hydrogen (secondary N) is 1. The molecule has 0 unspecified atom stereocenters. The second-order valence-corrected chi connectivity index (χ2v) is 5.81. The summed E-state index contributed by atoms with van der Waals surface area (Å²) in [5.74, 6) is 0.970. The van der Waals surface area contributed by atoms with Crippen LogP contribution in [0.25, 0.3) is 5.65 Å². The summed E-state index contributed by atoms with van der Waals surface area (Å²) in [4.78, 5) is 17.2. The lowest BCUT2D eigenvalue weighted by molar-refractivity contribution is 0.102. The van der Waals surface area contributed by atoms with Crippen LogP contribution in [0.4, 0.5) is 5.69 Å². The van der Waals surface area contributed by atoms with Crippen LogP contribution >= 0.6 is 0 Å². The lowest BCUT2D eigenvalue weighted by Gasteiger charge is -2.12. The molecule has 136 valence electrons. The molecular formula is C19H22N4O3. The number of amides is 1. The van der Waals surface area contributed by atoms with Crippen molar-refractivity contribution in [2.45, 2.75) is 27.7 Å². The Bertz CT molecular complexity index is 949. The molecule has 1 N–H and O–H groups in total. The molecule has 3 aromatic rings. The first-order chi connectivity index (χ1) is 12.5. The van der Waals surface area contributed by atoms with Gasteiger partial charge in [0.15, 0.2) is 17.1 Å². The Morgan fingerprint density at radius 1 is 1.12 bits per heavy atom. The van der Waals surface area contributed by atoms with Gasteiger partial charge in [0.05, 0.1) is 19.4 Å². The van der Waals surface area contributed by atoms with Gasteiger partial charge in [-0.25, -0.2) is 9.50 Å². The van der Waals surface area contributed by atoms with Crippen LogP contribution in [0, 0.1) is 13.8 Å². The van der Waals surface area contributed by atoms with Gasteiger partial charge in [-0.1, -0.05) is 0 Å². The van der Waals surface area contributed by atoms with E-state index in [1.54, 1.807) is 22.7 Å². The number of benzene rings is 1. The maximum Gasteiger partial charge on any atom is 0.261 e. The minimum Gasteiger partial charge on any atom is -0.490 e. The first-order valence-corrected chi connectivity index (χ1v) is 8.56. The maximum absolute atomic E-state index is 12.7. The van der Waals surface area contributed by atoms with E-state index >= 15 is 0 Å². The zero-order valence-corrected chi connectivity index (χ0v) is 15.4. The smallest absolute Gasteiger partial charge is 0.261 e. The molecule has 3 rings (SSSR count). The third-order valence-corrected chi connectivity index (χ3v) is 3.82. The standard InChI is InChI=1S/C19H22N4O3/c1-5-25-16-8-7-14(10-17(16)26-6-2)22-19(24)15-11-20-23-13(4)9-12(3)21-18(15)23/h7-11H,5-6H2,1-4H3,(H,22,24). The van der Waals surface area contributed by atoms with Crippen LogP contribution in [-0.4, -0.2) is 33.7 Å². The lowest BCUT2D eigenvalue weighted by Crippen LogP contribution is -2.12. The Hall–Kier alpha value is -3.09. The highest BCUT2D eigenvalue weighted by Gasteiger charge is 2.16. The van der Waals surface area contributed by atoms with Crippen molar-refractivity contribution in [1.82, 2.24) is 14.6 Å². The van der Waals surface area contributed by atoms with Gasteiger partial charge in [-0.3, -0.25) is 4.79 Å². The highest BCUT2D eigenvalue weighted by atomic mass is 16.5. The van der Waals surface area contributed by atoms with Crippen molar-refractivity contribution in [3.8, 4) is 11.5 Å². The third kappa shape index (κ3) is 3.46. The van der Waals surface area contributed by atoms with Gasteiger partial charge >= 0.3 is 0 Å². The fourth-order valence-electron chi connectivity index (χ4n) is 2.76. The molecule has 0 radical (unpaired) electrons. The predicted molar refractivity (Wildman–Crippen MR) is 99.2 cm³/mol. The van der Waals surface area contributed by atoms with Gasteiger partial charge < -0.3 is 14.8 Å². The second kappa shape index (κ2) is 7.43. The average molecular weight is 354 g/mol. The van der Waals surface area contributed by atoms with Gasteiger partial charge in [-0.15, -0.1) is 0 Å². The molecule has 0 aliphatic carbocycles. The topological polar surface area (TPSA) is 77.8 Å². The molecule has 0 aliphatic rings. The molecule has 0 bridgehead atoms. The highest BCUT2D eigenvalue weighted by molar-refractivity contribution is 6.08. The lowest BCUT2D eigenvalue weighted by atomic mass is 10.2. The summed E-state index contributed by atoms with van der Waals surface area (Å²) in [5, 5.41) is 7.13. The van der Waals surface area contributed by atoms with Crippen LogP contribution in [0.3, 0.4) is 0 Å². The summed E-state index contributed by atoms with van der Waals surface area (Å²) in [6.45, 7) is 8.68. The van der Waals surface area contributed by atoms with E-state index in [0.29, 0.717) is 41.6 Å². The maximum atomic E-state index is 12.7. The number of anilines is 1. The van der Waals surface area contributed by atoms with Crippen molar-refractivity contribution in [3.63, 3.8) is 0 Å². The number of carbonyl (C=O) groups excluding carboxylic acids is 1. The number of aryl methyl sites for hydroxylation is 2. The fourth-order valence-corrected chi connectivity index (χ4v) is 2.76. The number of fused-ring (bicyclic) bond motifs is 1. The van der Waals surface area contributed by atoms with Gasteiger partial charge in [0.2, 0.25) is 0 Å². The van der Waals surface area contributed by atoms with Gasteiger partial charge in [-0.2, -0.15) is 5.10 Å². The number of aromatic nitrogens is 3. The Morgan fingerprint density at radius 3 is 2.58 bits per heavy atom.